The van der Waals surface area contributed by atoms with Gasteiger partial charge in [-0.25, -0.2) is 0 Å². The number of aromatic nitrogens is 1. The van der Waals surface area contributed by atoms with Crippen molar-refractivity contribution in [3.63, 3.8) is 0 Å². The number of rotatable bonds is 4. The molecule has 0 unspecified atom stereocenters. The molecule has 6 nitrogen and oxygen atoms in total. The summed E-state index contributed by atoms with van der Waals surface area (Å²) in [5, 5.41) is 0. The summed E-state index contributed by atoms with van der Waals surface area (Å²) < 4.78 is 0. The topological polar surface area (TPSA) is 56.8 Å². The first-order chi connectivity index (χ1) is 13.7. The summed E-state index contributed by atoms with van der Waals surface area (Å²) in [4.78, 5) is 36.1. The molecule has 0 N–H and O–H groups in total. The monoisotopic (exact) mass is 384 g/mol. The number of carbonyl (C=O) groups is 2. The second-order valence-corrected chi connectivity index (χ2v) is 8.52. The molecule has 4 heterocycles. The van der Waals surface area contributed by atoms with Crippen LogP contribution in [0.25, 0.3) is 0 Å². The highest BCUT2D eigenvalue weighted by Gasteiger charge is 2.34. The fourth-order valence-corrected chi connectivity index (χ4v) is 5.00. The Labute approximate surface area is 167 Å². The van der Waals surface area contributed by atoms with Gasteiger partial charge in [-0.15, -0.1) is 0 Å². The highest BCUT2D eigenvalue weighted by Crippen LogP contribution is 2.26. The lowest BCUT2D eigenvalue weighted by atomic mass is 9.92. The van der Waals surface area contributed by atoms with Gasteiger partial charge in [-0.1, -0.05) is 6.07 Å². The van der Waals surface area contributed by atoms with Crippen LogP contribution in [0.1, 0.15) is 44.1 Å². The summed E-state index contributed by atoms with van der Waals surface area (Å²) in [5.74, 6) is 0.760. The number of carbonyl (C=O) groups excluding carboxylic acids is 2. The fraction of sp³-hybridized carbons (Fsp3) is 0.682. The highest BCUT2D eigenvalue weighted by atomic mass is 16.2. The van der Waals surface area contributed by atoms with Crippen molar-refractivity contribution >= 4 is 11.8 Å². The molecule has 152 valence electrons. The average Bonchev–Trinajstić information content (AvgIpc) is 3.29. The lowest BCUT2D eigenvalue weighted by Crippen LogP contribution is -2.52. The molecule has 0 saturated carbocycles. The maximum absolute atomic E-state index is 12.8. The van der Waals surface area contributed by atoms with E-state index in [4.69, 9.17) is 0 Å². The normalized spacial score (nSPS) is 24.5. The minimum atomic E-state index is 0.178. The molecule has 0 spiro atoms. The lowest BCUT2D eigenvalue weighted by molar-refractivity contribution is -0.136. The second kappa shape index (κ2) is 9.03. The molecule has 6 heteroatoms. The van der Waals surface area contributed by atoms with Gasteiger partial charge in [0.25, 0.3) is 0 Å². The zero-order chi connectivity index (χ0) is 19.3. The van der Waals surface area contributed by atoms with E-state index in [2.05, 4.69) is 14.8 Å². The molecule has 3 saturated heterocycles. The van der Waals surface area contributed by atoms with Gasteiger partial charge >= 0.3 is 0 Å². The predicted octanol–water partition coefficient (Wildman–Crippen LogP) is 1.95. The SMILES string of the molecule is O=C(Cc1cccnc1)N1CCC(N2CCC[C@H](C(=O)N3CCCC3)C2)CC1. The Morgan fingerprint density at radius 2 is 1.75 bits per heavy atom. The average molecular weight is 385 g/mol. The summed E-state index contributed by atoms with van der Waals surface area (Å²) in [6, 6.07) is 4.35. The molecule has 28 heavy (non-hydrogen) atoms. The molecule has 4 rings (SSSR count). The van der Waals surface area contributed by atoms with Crippen LogP contribution < -0.4 is 0 Å². The van der Waals surface area contributed by atoms with Crippen molar-refractivity contribution in [1.82, 2.24) is 19.7 Å². The minimum Gasteiger partial charge on any atom is -0.342 e. The van der Waals surface area contributed by atoms with E-state index in [0.29, 0.717) is 18.4 Å². The summed E-state index contributed by atoms with van der Waals surface area (Å²) in [6.45, 7) is 5.55. The number of pyridine rings is 1. The van der Waals surface area contributed by atoms with Gasteiger partial charge < -0.3 is 9.80 Å². The van der Waals surface area contributed by atoms with Gasteiger partial charge in [-0.2, -0.15) is 0 Å². The third kappa shape index (κ3) is 4.54. The Morgan fingerprint density at radius 1 is 0.964 bits per heavy atom. The molecular formula is C22H32N4O2. The zero-order valence-electron chi connectivity index (χ0n) is 16.8. The molecule has 1 aromatic heterocycles. The van der Waals surface area contributed by atoms with E-state index in [0.717, 1.165) is 83.4 Å². The van der Waals surface area contributed by atoms with Crippen molar-refractivity contribution in [2.45, 2.75) is 51.0 Å². The Hall–Kier alpha value is -1.95. The summed E-state index contributed by atoms with van der Waals surface area (Å²) in [5.41, 5.74) is 0.980. The number of hydrogen-bond acceptors (Lipinski definition) is 4. The van der Waals surface area contributed by atoms with Crippen molar-refractivity contribution in [1.29, 1.82) is 0 Å². The predicted molar refractivity (Wildman–Crippen MR) is 108 cm³/mol. The molecule has 0 aliphatic carbocycles. The number of hydrogen-bond donors (Lipinski definition) is 0. The Morgan fingerprint density at radius 3 is 2.46 bits per heavy atom. The van der Waals surface area contributed by atoms with Crippen LogP contribution >= 0.6 is 0 Å². The summed E-state index contributed by atoms with van der Waals surface area (Å²) >= 11 is 0. The van der Waals surface area contributed by atoms with Gasteiger partial charge in [0.15, 0.2) is 0 Å². The molecule has 0 radical (unpaired) electrons. The van der Waals surface area contributed by atoms with Crippen LogP contribution in [0.5, 0.6) is 0 Å². The quantitative estimate of drug-likeness (QED) is 0.796. The van der Waals surface area contributed by atoms with Gasteiger partial charge in [-0.05, 0) is 56.7 Å². The van der Waals surface area contributed by atoms with Gasteiger partial charge in [0.05, 0.1) is 12.3 Å². The zero-order valence-corrected chi connectivity index (χ0v) is 16.8. The van der Waals surface area contributed by atoms with Crippen LogP contribution in [0.3, 0.4) is 0 Å². The molecule has 2 amide bonds. The van der Waals surface area contributed by atoms with Crippen molar-refractivity contribution in [3.8, 4) is 0 Å². The first kappa shape index (κ1) is 19.4. The van der Waals surface area contributed by atoms with Crippen molar-refractivity contribution in [3.05, 3.63) is 30.1 Å². The van der Waals surface area contributed by atoms with Crippen molar-refractivity contribution in [2.75, 3.05) is 39.3 Å². The Balaban J connectivity index is 1.26. The largest absolute Gasteiger partial charge is 0.342 e. The van der Waals surface area contributed by atoms with E-state index in [-0.39, 0.29) is 11.8 Å². The van der Waals surface area contributed by atoms with Gasteiger partial charge in [0.1, 0.15) is 0 Å². The van der Waals surface area contributed by atoms with Crippen LogP contribution in [0.2, 0.25) is 0 Å². The van der Waals surface area contributed by atoms with E-state index in [1.54, 1.807) is 12.4 Å². The fourth-order valence-electron chi connectivity index (χ4n) is 5.00. The van der Waals surface area contributed by atoms with Crippen LogP contribution in [0.15, 0.2) is 24.5 Å². The maximum atomic E-state index is 12.8. The number of nitrogens with zero attached hydrogens (tertiary/aromatic N) is 4. The Bertz CT molecular complexity index is 666. The molecular weight excluding hydrogens is 352 g/mol. The van der Waals surface area contributed by atoms with Gasteiger partial charge in [0, 0.05) is 51.2 Å². The van der Waals surface area contributed by atoms with Gasteiger partial charge in [-0.3, -0.25) is 19.5 Å². The molecule has 3 fully saturated rings. The van der Waals surface area contributed by atoms with Crippen molar-refractivity contribution in [2.24, 2.45) is 5.92 Å². The van der Waals surface area contributed by atoms with E-state index < -0.39 is 0 Å². The summed E-state index contributed by atoms with van der Waals surface area (Å²) in [6.07, 6.45) is 10.5. The van der Waals surface area contributed by atoms with E-state index in [9.17, 15) is 9.59 Å². The molecule has 0 aromatic carbocycles. The van der Waals surface area contributed by atoms with Crippen LogP contribution in [-0.2, 0) is 16.0 Å². The molecule has 1 aromatic rings. The van der Waals surface area contributed by atoms with Crippen LogP contribution in [0, 0.1) is 5.92 Å². The third-order valence-electron chi connectivity index (χ3n) is 6.63. The van der Waals surface area contributed by atoms with E-state index in [1.807, 2.05) is 17.0 Å². The number of piperidine rings is 2. The lowest BCUT2D eigenvalue weighted by Gasteiger charge is -2.42. The molecule has 3 aliphatic heterocycles. The molecule has 0 bridgehead atoms. The minimum absolute atomic E-state index is 0.178. The smallest absolute Gasteiger partial charge is 0.227 e. The second-order valence-electron chi connectivity index (χ2n) is 8.52. The summed E-state index contributed by atoms with van der Waals surface area (Å²) in [7, 11) is 0. The third-order valence-corrected chi connectivity index (χ3v) is 6.63. The van der Waals surface area contributed by atoms with E-state index in [1.165, 1.54) is 0 Å². The van der Waals surface area contributed by atoms with Gasteiger partial charge in [0.2, 0.25) is 11.8 Å². The molecule has 1 atom stereocenters. The standard InChI is InChI=1S/C22H32N4O2/c27-21(15-18-5-3-9-23-16-18)24-13-7-20(8-14-24)26-12-4-6-19(17-26)22(28)25-10-1-2-11-25/h3,5,9,16,19-20H,1-2,4,6-8,10-15,17H2/t19-/m0/s1. The molecule has 3 aliphatic rings. The number of amides is 2. The first-order valence-corrected chi connectivity index (χ1v) is 10.9. The maximum Gasteiger partial charge on any atom is 0.227 e. The van der Waals surface area contributed by atoms with E-state index >= 15 is 0 Å². The van der Waals surface area contributed by atoms with Crippen molar-refractivity contribution < 1.29 is 9.59 Å². The number of likely N-dealkylation sites (tertiary alicyclic amines) is 3. The Kier molecular flexibility index (Phi) is 6.25. The first-order valence-electron chi connectivity index (χ1n) is 10.9. The van der Waals surface area contributed by atoms with Crippen LogP contribution in [0.4, 0.5) is 0 Å². The highest BCUT2D eigenvalue weighted by molar-refractivity contribution is 5.79. The van der Waals surface area contributed by atoms with Crippen LogP contribution in [-0.4, -0.2) is 76.8 Å².